The average molecular weight is 412 g/mol. The summed E-state index contributed by atoms with van der Waals surface area (Å²) in [5.74, 6) is 1.30. The Morgan fingerprint density at radius 3 is 2.53 bits per heavy atom. The average Bonchev–Trinajstić information content (AvgIpc) is 3.17. The van der Waals surface area contributed by atoms with Gasteiger partial charge < -0.3 is 25.1 Å². The molecular weight excluding hydrogens is 384 g/mol. The van der Waals surface area contributed by atoms with Gasteiger partial charge in [0.05, 0.1) is 13.4 Å². The van der Waals surface area contributed by atoms with E-state index in [4.69, 9.17) is 9.47 Å². The van der Waals surface area contributed by atoms with E-state index in [1.165, 1.54) is 0 Å². The zero-order chi connectivity index (χ0) is 21.6. The number of aromatic nitrogens is 4. The van der Waals surface area contributed by atoms with E-state index >= 15 is 0 Å². The molecule has 2 heterocycles. The van der Waals surface area contributed by atoms with Crippen molar-refractivity contribution in [3.63, 3.8) is 0 Å². The molecule has 2 aromatic heterocycles. The standard InChI is InChI=1S/C21H28N6O3/c1-21(2,3)30-20(28)23-12-6-5-11-22-19-26-16(17-18(27-19)25-13-24-17)14-7-9-15(29-4)10-8-14/h7-10,13H,5-6,11-12H2,1-4H3,(H,23,28)(H2,22,24,25,26,27). The van der Waals surface area contributed by atoms with E-state index < -0.39 is 11.7 Å². The second-order valence-corrected chi connectivity index (χ2v) is 7.79. The summed E-state index contributed by atoms with van der Waals surface area (Å²) in [4.78, 5) is 28.1. The fourth-order valence-electron chi connectivity index (χ4n) is 2.82. The highest BCUT2D eigenvalue weighted by molar-refractivity contribution is 5.88. The molecule has 0 aliphatic rings. The Balaban J connectivity index is 1.56. The van der Waals surface area contributed by atoms with Crippen molar-refractivity contribution in [1.29, 1.82) is 0 Å². The smallest absolute Gasteiger partial charge is 0.407 e. The number of carbonyl (C=O) groups excluding carboxylic acids is 1. The number of carbonyl (C=O) groups is 1. The predicted octanol–water partition coefficient (Wildman–Crippen LogP) is 3.75. The number of ether oxygens (including phenoxy) is 2. The van der Waals surface area contributed by atoms with Crippen LogP contribution in [-0.2, 0) is 4.74 Å². The second-order valence-electron chi connectivity index (χ2n) is 7.79. The van der Waals surface area contributed by atoms with Crippen LogP contribution < -0.4 is 15.4 Å². The Morgan fingerprint density at radius 1 is 1.10 bits per heavy atom. The maximum atomic E-state index is 11.6. The van der Waals surface area contributed by atoms with Gasteiger partial charge in [0.25, 0.3) is 0 Å². The lowest BCUT2D eigenvalue weighted by atomic mass is 10.1. The summed E-state index contributed by atoms with van der Waals surface area (Å²) in [6, 6.07) is 7.69. The highest BCUT2D eigenvalue weighted by Gasteiger charge is 2.15. The molecule has 0 aliphatic carbocycles. The van der Waals surface area contributed by atoms with Crippen LogP contribution in [0.1, 0.15) is 33.6 Å². The lowest BCUT2D eigenvalue weighted by Crippen LogP contribution is -2.33. The van der Waals surface area contributed by atoms with Crippen molar-refractivity contribution >= 4 is 23.2 Å². The number of unbranched alkanes of at least 4 members (excludes halogenated alkanes) is 1. The maximum absolute atomic E-state index is 11.6. The molecule has 0 atom stereocenters. The molecule has 9 heteroatoms. The summed E-state index contributed by atoms with van der Waals surface area (Å²) in [6.07, 6.45) is 2.86. The number of imidazole rings is 1. The van der Waals surface area contributed by atoms with E-state index in [1.807, 2.05) is 45.0 Å². The van der Waals surface area contributed by atoms with Crippen molar-refractivity contribution in [2.45, 2.75) is 39.2 Å². The van der Waals surface area contributed by atoms with Crippen LogP contribution in [0, 0.1) is 0 Å². The third-order valence-electron chi connectivity index (χ3n) is 4.20. The van der Waals surface area contributed by atoms with Crippen molar-refractivity contribution in [3.8, 4) is 17.0 Å². The third kappa shape index (κ3) is 5.82. The van der Waals surface area contributed by atoms with E-state index in [0.29, 0.717) is 24.7 Å². The quantitative estimate of drug-likeness (QED) is 0.483. The molecule has 160 valence electrons. The molecule has 0 aliphatic heterocycles. The minimum absolute atomic E-state index is 0.396. The molecule has 0 bridgehead atoms. The lowest BCUT2D eigenvalue weighted by molar-refractivity contribution is 0.0527. The molecule has 30 heavy (non-hydrogen) atoms. The third-order valence-corrected chi connectivity index (χ3v) is 4.20. The number of amides is 1. The number of hydrogen-bond donors (Lipinski definition) is 3. The Hall–Kier alpha value is -3.36. The zero-order valence-corrected chi connectivity index (χ0v) is 17.8. The molecule has 3 N–H and O–H groups in total. The van der Waals surface area contributed by atoms with Gasteiger partial charge in [0.2, 0.25) is 5.95 Å². The highest BCUT2D eigenvalue weighted by atomic mass is 16.6. The van der Waals surface area contributed by atoms with Gasteiger partial charge in [-0.15, -0.1) is 0 Å². The molecule has 0 radical (unpaired) electrons. The number of benzene rings is 1. The number of alkyl carbamates (subject to hydrolysis) is 1. The van der Waals surface area contributed by atoms with Gasteiger partial charge in [-0.3, -0.25) is 0 Å². The van der Waals surface area contributed by atoms with Gasteiger partial charge in [-0.1, -0.05) is 0 Å². The summed E-state index contributed by atoms with van der Waals surface area (Å²) in [6.45, 7) is 6.74. The fraction of sp³-hybridized carbons (Fsp3) is 0.429. The number of anilines is 1. The molecule has 3 rings (SSSR count). The van der Waals surface area contributed by atoms with Gasteiger partial charge in [-0.2, -0.15) is 4.98 Å². The first-order chi connectivity index (χ1) is 14.4. The van der Waals surface area contributed by atoms with E-state index in [1.54, 1.807) is 13.4 Å². The molecule has 1 amide bonds. The van der Waals surface area contributed by atoms with E-state index in [9.17, 15) is 4.79 Å². The van der Waals surface area contributed by atoms with Gasteiger partial charge in [-0.05, 0) is 57.9 Å². The molecule has 0 saturated heterocycles. The van der Waals surface area contributed by atoms with Crippen molar-refractivity contribution in [2.75, 3.05) is 25.5 Å². The van der Waals surface area contributed by atoms with Gasteiger partial charge in [-0.25, -0.2) is 14.8 Å². The summed E-state index contributed by atoms with van der Waals surface area (Å²) in [5.41, 5.74) is 2.61. The van der Waals surface area contributed by atoms with Crippen LogP contribution in [0.5, 0.6) is 5.75 Å². The first-order valence-electron chi connectivity index (χ1n) is 9.92. The van der Waals surface area contributed by atoms with E-state index in [0.717, 1.165) is 35.4 Å². The monoisotopic (exact) mass is 412 g/mol. The fourth-order valence-corrected chi connectivity index (χ4v) is 2.82. The van der Waals surface area contributed by atoms with Crippen LogP contribution >= 0.6 is 0 Å². The number of methoxy groups -OCH3 is 1. The minimum atomic E-state index is -0.491. The zero-order valence-electron chi connectivity index (χ0n) is 17.8. The maximum Gasteiger partial charge on any atom is 0.407 e. The van der Waals surface area contributed by atoms with Crippen molar-refractivity contribution in [2.24, 2.45) is 0 Å². The van der Waals surface area contributed by atoms with Crippen LogP contribution in [0.2, 0.25) is 0 Å². The summed E-state index contributed by atoms with van der Waals surface area (Å²) < 4.78 is 10.4. The summed E-state index contributed by atoms with van der Waals surface area (Å²) >= 11 is 0. The molecule has 1 aromatic carbocycles. The molecule has 0 fully saturated rings. The van der Waals surface area contributed by atoms with Crippen LogP contribution in [-0.4, -0.2) is 51.8 Å². The van der Waals surface area contributed by atoms with Crippen LogP contribution in [0.3, 0.4) is 0 Å². The Kier molecular flexibility index (Phi) is 6.71. The Bertz CT molecular complexity index is 979. The normalized spacial score (nSPS) is 11.3. The van der Waals surface area contributed by atoms with E-state index in [2.05, 4.69) is 30.6 Å². The van der Waals surface area contributed by atoms with Gasteiger partial charge in [0.1, 0.15) is 22.6 Å². The van der Waals surface area contributed by atoms with E-state index in [-0.39, 0.29) is 0 Å². The van der Waals surface area contributed by atoms with Crippen molar-refractivity contribution in [1.82, 2.24) is 25.3 Å². The largest absolute Gasteiger partial charge is 0.497 e. The number of H-pyrrole nitrogens is 1. The number of nitrogens with zero attached hydrogens (tertiary/aromatic N) is 3. The summed E-state index contributed by atoms with van der Waals surface area (Å²) in [5, 5.41) is 5.99. The minimum Gasteiger partial charge on any atom is -0.497 e. The molecule has 3 aromatic rings. The van der Waals surface area contributed by atoms with Gasteiger partial charge in [0, 0.05) is 18.7 Å². The number of fused-ring (bicyclic) bond motifs is 1. The second kappa shape index (κ2) is 9.43. The topological polar surface area (TPSA) is 114 Å². The molecule has 0 spiro atoms. The lowest BCUT2D eigenvalue weighted by Gasteiger charge is -2.19. The molecule has 0 unspecified atom stereocenters. The summed E-state index contributed by atoms with van der Waals surface area (Å²) in [7, 11) is 1.64. The predicted molar refractivity (Wildman–Crippen MR) is 116 cm³/mol. The molecular formula is C21H28N6O3. The van der Waals surface area contributed by atoms with Gasteiger partial charge >= 0.3 is 6.09 Å². The molecule has 9 nitrogen and oxygen atoms in total. The number of nitrogens with one attached hydrogen (secondary N) is 3. The Morgan fingerprint density at radius 2 is 1.83 bits per heavy atom. The molecule has 0 saturated carbocycles. The van der Waals surface area contributed by atoms with Crippen LogP contribution in [0.4, 0.5) is 10.7 Å². The SMILES string of the molecule is COc1ccc(-c2nc(NCCCCNC(=O)OC(C)(C)C)nc3nc[nH]c23)cc1. The first-order valence-corrected chi connectivity index (χ1v) is 9.92. The number of hydrogen-bond acceptors (Lipinski definition) is 7. The Labute approximate surface area is 175 Å². The highest BCUT2D eigenvalue weighted by Crippen LogP contribution is 2.26. The number of rotatable bonds is 8. The first kappa shape index (κ1) is 21.4. The van der Waals surface area contributed by atoms with Crippen LogP contribution in [0.15, 0.2) is 30.6 Å². The van der Waals surface area contributed by atoms with Crippen LogP contribution in [0.25, 0.3) is 22.4 Å². The van der Waals surface area contributed by atoms with Gasteiger partial charge in [0.15, 0.2) is 5.65 Å². The van der Waals surface area contributed by atoms with Crippen molar-refractivity contribution in [3.05, 3.63) is 30.6 Å². The number of aromatic amines is 1. The van der Waals surface area contributed by atoms with Crippen molar-refractivity contribution < 1.29 is 14.3 Å².